The summed E-state index contributed by atoms with van der Waals surface area (Å²) in [4.78, 5) is 9.60. The predicted octanol–water partition coefficient (Wildman–Crippen LogP) is 3.63. The van der Waals surface area contributed by atoms with Gasteiger partial charge in [0.2, 0.25) is 0 Å². The maximum atomic E-state index is 12.6. The standard InChI is InChI=1S/C14H13BClF2N3O/c1-21(2)12-5-3-10(4-6-12)13(22-15(17)18)7-11-8-14(16)20-9-19-11/h3-9H,1-2H3/b13-7+. The van der Waals surface area contributed by atoms with E-state index in [1.807, 2.05) is 31.1 Å². The van der Waals surface area contributed by atoms with Crippen LogP contribution in [0, 0.1) is 0 Å². The fraction of sp³-hybridized carbons (Fsp3) is 0.143. The summed E-state index contributed by atoms with van der Waals surface area (Å²) in [6.45, 7) is 0. The molecule has 0 aliphatic heterocycles. The largest absolute Gasteiger partial charge is 0.796 e. The molecule has 0 spiro atoms. The molecule has 0 saturated carbocycles. The van der Waals surface area contributed by atoms with Gasteiger partial charge in [0, 0.05) is 37.5 Å². The highest BCUT2D eigenvalue weighted by molar-refractivity contribution is 6.36. The monoisotopic (exact) mass is 323 g/mol. The van der Waals surface area contributed by atoms with Crippen molar-refractivity contribution in [2.24, 2.45) is 0 Å². The fourth-order valence-electron chi connectivity index (χ4n) is 1.77. The second-order valence-electron chi connectivity index (χ2n) is 4.59. The van der Waals surface area contributed by atoms with E-state index in [1.165, 1.54) is 18.5 Å². The minimum Gasteiger partial charge on any atom is -0.505 e. The number of halogens is 3. The number of hydrogen-bond donors (Lipinski definition) is 0. The Bertz CT molecular complexity index is 665. The summed E-state index contributed by atoms with van der Waals surface area (Å²) in [7, 11) is 0.853. The van der Waals surface area contributed by atoms with Crippen molar-refractivity contribution in [3.8, 4) is 0 Å². The Morgan fingerprint density at radius 3 is 2.45 bits per heavy atom. The lowest BCUT2D eigenvalue weighted by atomic mass is 10.1. The fourth-order valence-corrected chi connectivity index (χ4v) is 1.92. The summed E-state index contributed by atoms with van der Waals surface area (Å²) in [6.07, 6.45) is 2.65. The molecule has 0 N–H and O–H groups in total. The van der Waals surface area contributed by atoms with Crippen LogP contribution in [-0.2, 0) is 4.65 Å². The van der Waals surface area contributed by atoms with E-state index in [0.717, 1.165) is 5.69 Å². The maximum Gasteiger partial charge on any atom is 0.796 e. The Morgan fingerprint density at radius 2 is 1.91 bits per heavy atom. The van der Waals surface area contributed by atoms with Crippen molar-refractivity contribution in [1.29, 1.82) is 0 Å². The van der Waals surface area contributed by atoms with Crippen LogP contribution in [0.3, 0.4) is 0 Å². The number of benzene rings is 1. The Balaban J connectivity index is 2.37. The van der Waals surface area contributed by atoms with Gasteiger partial charge in [-0.3, -0.25) is 0 Å². The summed E-state index contributed by atoms with van der Waals surface area (Å²) in [5, 5.41) is 0.223. The van der Waals surface area contributed by atoms with Gasteiger partial charge in [0.05, 0.1) is 5.69 Å². The SMILES string of the molecule is CN(C)c1ccc(/C(=C\c2cc(Cl)ncn2)OB(F)F)cc1. The number of aromatic nitrogens is 2. The van der Waals surface area contributed by atoms with Gasteiger partial charge in [0.25, 0.3) is 0 Å². The normalized spacial score (nSPS) is 11.2. The first kappa shape index (κ1) is 16.2. The van der Waals surface area contributed by atoms with Crippen molar-refractivity contribution in [2.45, 2.75) is 0 Å². The van der Waals surface area contributed by atoms with Gasteiger partial charge >= 0.3 is 7.47 Å². The first-order valence-corrected chi connectivity index (χ1v) is 6.75. The van der Waals surface area contributed by atoms with Crippen LogP contribution in [0.2, 0.25) is 5.15 Å². The molecule has 8 heteroatoms. The summed E-state index contributed by atoms with van der Waals surface area (Å²) in [5.41, 5.74) is 1.85. The molecule has 0 atom stereocenters. The zero-order valence-corrected chi connectivity index (χ0v) is 12.8. The van der Waals surface area contributed by atoms with Crippen LogP contribution in [0.5, 0.6) is 0 Å². The third-order valence-corrected chi connectivity index (χ3v) is 3.02. The van der Waals surface area contributed by atoms with E-state index in [0.29, 0.717) is 11.3 Å². The number of anilines is 1. The molecule has 4 nitrogen and oxygen atoms in total. The van der Waals surface area contributed by atoms with E-state index in [-0.39, 0.29) is 10.9 Å². The maximum absolute atomic E-state index is 12.6. The van der Waals surface area contributed by atoms with Crippen molar-refractivity contribution in [1.82, 2.24) is 9.97 Å². The first-order chi connectivity index (χ1) is 10.5. The molecule has 1 aromatic carbocycles. The summed E-state index contributed by atoms with van der Waals surface area (Å²) in [5.74, 6) is 0.00933. The van der Waals surface area contributed by atoms with Gasteiger partial charge < -0.3 is 9.55 Å². The molecular formula is C14H13BClF2N3O. The van der Waals surface area contributed by atoms with Crippen molar-refractivity contribution in [3.05, 3.63) is 53.1 Å². The molecule has 0 aliphatic rings. The first-order valence-electron chi connectivity index (χ1n) is 6.37. The van der Waals surface area contributed by atoms with E-state index < -0.39 is 7.47 Å². The highest BCUT2D eigenvalue weighted by Gasteiger charge is 2.20. The lowest BCUT2D eigenvalue weighted by Gasteiger charge is -2.14. The predicted molar refractivity (Wildman–Crippen MR) is 84.7 cm³/mol. The molecule has 22 heavy (non-hydrogen) atoms. The van der Waals surface area contributed by atoms with E-state index >= 15 is 0 Å². The van der Waals surface area contributed by atoms with Gasteiger partial charge in [-0.25, -0.2) is 18.6 Å². The number of rotatable bonds is 5. The molecular weight excluding hydrogens is 310 g/mol. The van der Waals surface area contributed by atoms with Crippen LogP contribution in [0.1, 0.15) is 11.3 Å². The van der Waals surface area contributed by atoms with Gasteiger partial charge in [0.15, 0.2) is 0 Å². The van der Waals surface area contributed by atoms with Gasteiger partial charge in [-0.05, 0) is 24.3 Å². The highest BCUT2D eigenvalue weighted by atomic mass is 35.5. The number of hydrogen-bond acceptors (Lipinski definition) is 4. The Hall–Kier alpha value is -2.15. The Morgan fingerprint density at radius 1 is 1.23 bits per heavy atom. The van der Waals surface area contributed by atoms with Crippen molar-refractivity contribution in [2.75, 3.05) is 19.0 Å². The summed E-state index contributed by atoms with van der Waals surface area (Å²) < 4.78 is 29.9. The molecule has 0 aliphatic carbocycles. The molecule has 0 radical (unpaired) electrons. The second-order valence-corrected chi connectivity index (χ2v) is 4.98. The lowest BCUT2D eigenvalue weighted by molar-refractivity contribution is 0.398. The molecule has 114 valence electrons. The molecule has 0 unspecified atom stereocenters. The molecule has 1 aromatic heterocycles. The van der Waals surface area contributed by atoms with Crippen LogP contribution in [0.15, 0.2) is 36.7 Å². The summed E-state index contributed by atoms with van der Waals surface area (Å²) >= 11 is 5.76. The van der Waals surface area contributed by atoms with Crippen LogP contribution in [0.25, 0.3) is 11.8 Å². The zero-order valence-electron chi connectivity index (χ0n) is 12.0. The van der Waals surface area contributed by atoms with Gasteiger partial charge in [-0.2, -0.15) is 0 Å². The molecule has 2 rings (SSSR count). The van der Waals surface area contributed by atoms with Crippen LogP contribution < -0.4 is 4.90 Å². The zero-order chi connectivity index (χ0) is 16.1. The van der Waals surface area contributed by atoms with Crippen molar-refractivity contribution < 1.29 is 13.3 Å². The minimum absolute atomic E-state index is 0.00933. The molecule has 1 heterocycles. The Labute approximate surface area is 132 Å². The molecule has 2 aromatic rings. The van der Waals surface area contributed by atoms with Crippen LogP contribution in [-0.4, -0.2) is 31.5 Å². The van der Waals surface area contributed by atoms with Gasteiger partial charge in [-0.15, -0.1) is 0 Å². The quantitative estimate of drug-likeness (QED) is 0.478. The van der Waals surface area contributed by atoms with Crippen molar-refractivity contribution >= 4 is 36.6 Å². The second kappa shape index (κ2) is 7.22. The van der Waals surface area contributed by atoms with Gasteiger partial charge in [-0.1, -0.05) is 11.6 Å². The van der Waals surface area contributed by atoms with Crippen LogP contribution in [0.4, 0.5) is 14.3 Å². The topological polar surface area (TPSA) is 38.2 Å². The lowest BCUT2D eigenvalue weighted by Crippen LogP contribution is -2.08. The minimum atomic E-state index is -2.93. The average Bonchev–Trinajstić information content (AvgIpc) is 2.46. The van der Waals surface area contributed by atoms with Crippen molar-refractivity contribution in [3.63, 3.8) is 0 Å². The molecule has 0 fully saturated rings. The molecule has 0 bridgehead atoms. The smallest absolute Gasteiger partial charge is 0.505 e. The van der Waals surface area contributed by atoms with E-state index in [9.17, 15) is 8.63 Å². The average molecular weight is 324 g/mol. The van der Waals surface area contributed by atoms with E-state index in [2.05, 4.69) is 14.6 Å². The Kier molecular flexibility index (Phi) is 5.33. The molecule has 0 amide bonds. The van der Waals surface area contributed by atoms with E-state index in [1.54, 1.807) is 12.1 Å². The third kappa shape index (κ3) is 4.43. The molecule has 0 saturated heterocycles. The van der Waals surface area contributed by atoms with E-state index in [4.69, 9.17) is 11.6 Å². The highest BCUT2D eigenvalue weighted by Crippen LogP contribution is 2.23. The van der Waals surface area contributed by atoms with Crippen LogP contribution >= 0.6 is 11.6 Å². The third-order valence-electron chi connectivity index (χ3n) is 2.82. The van der Waals surface area contributed by atoms with Gasteiger partial charge in [0.1, 0.15) is 17.2 Å². The summed E-state index contributed by atoms with van der Waals surface area (Å²) in [6, 6.07) is 8.49. The number of nitrogens with zero attached hydrogens (tertiary/aromatic N) is 3.